The fraction of sp³-hybridized carbons (Fsp3) is 0.300. The number of rotatable bonds is 2. The van der Waals surface area contributed by atoms with Gasteiger partial charge in [-0.3, -0.25) is 0 Å². The van der Waals surface area contributed by atoms with E-state index in [1.165, 1.54) is 0 Å². The number of aliphatic hydroxyl groups excluding tert-OH is 1. The Morgan fingerprint density at radius 1 is 1.27 bits per heavy atom. The lowest BCUT2D eigenvalue weighted by Gasteiger charge is -2.02. The number of aryl methyl sites for hydroxylation is 2. The molecule has 0 atom stereocenters. The molecule has 2 rings (SSSR count). The van der Waals surface area contributed by atoms with E-state index < -0.39 is 0 Å². The molecule has 0 fully saturated rings. The minimum Gasteiger partial charge on any atom is -0.390 e. The van der Waals surface area contributed by atoms with Crippen LogP contribution < -0.4 is 0 Å². The Morgan fingerprint density at radius 3 is 2.53 bits per heavy atom. The highest BCUT2D eigenvalue weighted by Crippen LogP contribution is 2.08. The van der Waals surface area contributed by atoms with Gasteiger partial charge < -0.3 is 5.11 Å². The van der Waals surface area contributed by atoms with Crippen molar-refractivity contribution in [1.82, 2.24) is 20.0 Å². The summed E-state index contributed by atoms with van der Waals surface area (Å²) in [6, 6.07) is 5.50. The van der Waals surface area contributed by atoms with Gasteiger partial charge in [0.1, 0.15) is 0 Å². The van der Waals surface area contributed by atoms with Crippen molar-refractivity contribution in [3.63, 3.8) is 0 Å². The van der Waals surface area contributed by atoms with E-state index in [2.05, 4.69) is 15.3 Å². The molecule has 5 heteroatoms. The summed E-state index contributed by atoms with van der Waals surface area (Å²) in [5.41, 5.74) is 2.51. The van der Waals surface area contributed by atoms with E-state index in [-0.39, 0.29) is 6.61 Å². The smallest absolute Gasteiger partial charge is 0.175 e. The SMILES string of the molecule is Cc1cc(C)n(-c2ccc(CO)nn2)n1. The normalized spacial score (nSPS) is 10.6. The molecule has 0 unspecified atom stereocenters. The van der Waals surface area contributed by atoms with Crippen LogP contribution in [0.2, 0.25) is 0 Å². The van der Waals surface area contributed by atoms with Crippen LogP contribution in [0.3, 0.4) is 0 Å². The standard InChI is InChI=1S/C10H12N4O/c1-7-5-8(2)14(13-7)10-4-3-9(6-15)11-12-10/h3-5,15H,6H2,1-2H3. The highest BCUT2D eigenvalue weighted by Gasteiger charge is 2.05. The number of aromatic nitrogens is 4. The molecule has 2 aromatic rings. The zero-order valence-corrected chi connectivity index (χ0v) is 8.68. The highest BCUT2D eigenvalue weighted by atomic mass is 16.3. The Kier molecular flexibility index (Phi) is 2.47. The van der Waals surface area contributed by atoms with Gasteiger partial charge in [0.15, 0.2) is 5.82 Å². The van der Waals surface area contributed by atoms with Gasteiger partial charge in [0.05, 0.1) is 18.0 Å². The molecule has 15 heavy (non-hydrogen) atoms. The summed E-state index contributed by atoms with van der Waals surface area (Å²) in [5.74, 6) is 0.665. The molecular weight excluding hydrogens is 192 g/mol. The van der Waals surface area contributed by atoms with Crippen molar-refractivity contribution in [2.75, 3.05) is 0 Å². The zero-order chi connectivity index (χ0) is 10.8. The lowest BCUT2D eigenvalue weighted by atomic mass is 10.4. The van der Waals surface area contributed by atoms with E-state index in [1.54, 1.807) is 16.8 Å². The molecule has 0 saturated heterocycles. The number of aliphatic hydroxyl groups is 1. The summed E-state index contributed by atoms with van der Waals surface area (Å²) in [4.78, 5) is 0. The van der Waals surface area contributed by atoms with Crippen LogP contribution in [0.5, 0.6) is 0 Å². The second kappa shape index (κ2) is 3.78. The first kappa shape index (κ1) is 9.79. The maximum absolute atomic E-state index is 8.83. The van der Waals surface area contributed by atoms with E-state index >= 15 is 0 Å². The van der Waals surface area contributed by atoms with Gasteiger partial charge in [-0.25, -0.2) is 4.68 Å². The Bertz CT molecular complexity index is 461. The summed E-state index contributed by atoms with van der Waals surface area (Å²) in [7, 11) is 0. The van der Waals surface area contributed by atoms with Gasteiger partial charge in [0.25, 0.3) is 0 Å². The summed E-state index contributed by atoms with van der Waals surface area (Å²) in [6.45, 7) is 3.80. The number of hydrogen-bond donors (Lipinski definition) is 1. The van der Waals surface area contributed by atoms with Gasteiger partial charge in [-0.05, 0) is 32.0 Å². The van der Waals surface area contributed by atoms with Crippen molar-refractivity contribution in [3.05, 3.63) is 35.3 Å². The van der Waals surface area contributed by atoms with E-state index in [0.29, 0.717) is 11.5 Å². The molecule has 2 heterocycles. The van der Waals surface area contributed by atoms with Crippen LogP contribution in [-0.4, -0.2) is 25.1 Å². The van der Waals surface area contributed by atoms with Gasteiger partial charge in [-0.1, -0.05) is 0 Å². The molecule has 0 aliphatic heterocycles. The second-order valence-corrected chi connectivity index (χ2v) is 3.38. The molecule has 2 aromatic heterocycles. The first-order valence-electron chi connectivity index (χ1n) is 4.68. The van der Waals surface area contributed by atoms with E-state index in [9.17, 15) is 0 Å². The first-order valence-corrected chi connectivity index (χ1v) is 4.68. The van der Waals surface area contributed by atoms with Crippen molar-refractivity contribution in [1.29, 1.82) is 0 Å². The van der Waals surface area contributed by atoms with Gasteiger partial charge in [0, 0.05) is 5.69 Å². The van der Waals surface area contributed by atoms with Crippen molar-refractivity contribution >= 4 is 0 Å². The van der Waals surface area contributed by atoms with E-state index in [4.69, 9.17) is 5.11 Å². The second-order valence-electron chi connectivity index (χ2n) is 3.38. The van der Waals surface area contributed by atoms with Crippen LogP contribution in [0, 0.1) is 13.8 Å². The third kappa shape index (κ3) is 1.87. The topological polar surface area (TPSA) is 63.8 Å². The van der Waals surface area contributed by atoms with Crippen molar-refractivity contribution < 1.29 is 5.11 Å². The van der Waals surface area contributed by atoms with Gasteiger partial charge in [0.2, 0.25) is 0 Å². The summed E-state index contributed by atoms with van der Waals surface area (Å²) in [5, 5.41) is 21.0. The van der Waals surface area contributed by atoms with Crippen LogP contribution in [0.4, 0.5) is 0 Å². The van der Waals surface area contributed by atoms with Gasteiger partial charge >= 0.3 is 0 Å². The first-order chi connectivity index (χ1) is 7.20. The van der Waals surface area contributed by atoms with Crippen LogP contribution in [-0.2, 0) is 6.61 Å². The Labute approximate surface area is 87.4 Å². The van der Waals surface area contributed by atoms with Gasteiger partial charge in [-0.2, -0.15) is 10.2 Å². The molecule has 0 amide bonds. The molecular formula is C10H12N4O. The Morgan fingerprint density at radius 2 is 2.07 bits per heavy atom. The fourth-order valence-electron chi connectivity index (χ4n) is 1.41. The largest absolute Gasteiger partial charge is 0.390 e. The van der Waals surface area contributed by atoms with Crippen molar-refractivity contribution in [2.24, 2.45) is 0 Å². The monoisotopic (exact) mass is 204 g/mol. The minimum atomic E-state index is -0.0929. The quantitative estimate of drug-likeness (QED) is 0.784. The minimum absolute atomic E-state index is 0.0929. The molecule has 1 N–H and O–H groups in total. The summed E-state index contributed by atoms with van der Waals surface area (Å²) < 4.78 is 1.73. The fourth-order valence-corrected chi connectivity index (χ4v) is 1.41. The molecule has 5 nitrogen and oxygen atoms in total. The highest BCUT2D eigenvalue weighted by molar-refractivity contribution is 5.24. The maximum atomic E-state index is 8.83. The Hall–Kier alpha value is -1.75. The van der Waals surface area contributed by atoms with Crippen molar-refractivity contribution in [3.8, 4) is 5.82 Å². The third-order valence-corrected chi connectivity index (χ3v) is 2.09. The molecule has 0 radical (unpaired) electrons. The maximum Gasteiger partial charge on any atom is 0.175 e. The average molecular weight is 204 g/mol. The molecule has 0 spiro atoms. The third-order valence-electron chi connectivity index (χ3n) is 2.09. The Balaban J connectivity index is 2.41. The average Bonchev–Trinajstić information content (AvgIpc) is 2.58. The predicted molar refractivity (Wildman–Crippen MR) is 54.6 cm³/mol. The summed E-state index contributed by atoms with van der Waals surface area (Å²) in [6.07, 6.45) is 0. The molecule has 78 valence electrons. The molecule has 0 aromatic carbocycles. The van der Waals surface area contributed by atoms with Crippen LogP contribution in [0.1, 0.15) is 17.1 Å². The molecule has 0 bridgehead atoms. The van der Waals surface area contributed by atoms with Crippen LogP contribution in [0.25, 0.3) is 5.82 Å². The molecule has 0 aliphatic rings. The van der Waals surface area contributed by atoms with Gasteiger partial charge in [-0.15, -0.1) is 5.10 Å². The number of nitrogens with zero attached hydrogens (tertiary/aromatic N) is 4. The lowest BCUT2D eigenvalue weighted by Crippen LogP contribution is -2.04. The molecule has 0 saturated carbocycles. The zero-order valence-electron chi connectivity index (χ0n) is 8.68. The summed E-state index contributed by atoms with van der Waals surface area (Å²) >= 11 is 0. The van der Waals surface area contributed by atoms with E-state index in [1.807, 2.05) is 19.9 Å². The number of hydrogen-bond acceptors (Lipinski definition) is 4. The van der Waals surface area contributed by atoms with Crippen LogP contribution >= 0.6 is 0 Å². The molecule has 0 aliphatic carbocycles. The predicted octanol–water partition coefficient (Wildman–Crippen LogP) is 0.771. The van der Waals surface area contributed by atoms with Crippen LogP contribution in [0.15, 0.2) is 18.2 Å². The van der Waals surface area contributed by atoms with E-state index in [0.717, 1.165) is 11.4 Å². The lowest BCUT2D eigenvalue weighted by molar-refractivity contribution is 0.275. The van der Waals surface area contributed by atoms with Crippen molar-refractivity contribution in [2.45, 2.75) is 20.5 Å².